The van der Waals surface area contributed by atoms with E-state index in [2.05, 4.69) is 13.8 Å². The average molecular weight is 300 g/mol. The molecule has 2 saturated heterocycles. The summed E-state index contributed by atoms with van der Waals surface area (Å²) in [5.41, 5.74) is 0.891. The van der Waals surface area contributed by atoms with E-state index in [9.17, 15) is 9.59 Å². The summed E-state index contributed by atoms with van der Waals surface area (Å²) >= 11 is 0. The number of rotatable bonds is 2. The van der Waals surface area contributed by atoms with Crippen LogP contribution in [0.5, 0.6) is 0 Å². The minimum absolute atomic E-state index is 0.0573. The zero-order valence-corrected chi connectivity index (χ0v) is 13.4. The van der Waals surface area contributed by atoms with Crippen LogP contribution in [0.4, 0.5) is 5.69 Å². The number of benzene rings is 1. The van der Waals surface area contributed by atoms with Crippen molar-refractivity contribution in [2.75, 3.05) is 11.4 Å². The maximum atomic E-state index is 12.9. The predicted molar refractivity (Wildman–Crippen MR) is 86.5 cm³/mol. The lowest BCUT2D eigenvalue weighted by Crippen LogP contribution is -2.50. The van der Waals surface area contributed by atoms with Crippen molar-refractivity contribution in [3.8, 4) is 0 Å². The van der Waals surface area contributed by atoms with Crippen LogP contribution in [-0.2, 0) is 9.59 Å². The second kappa shape index (κ2) is 6.11. The molecule has 2 amide bonds. The van der Waals surface area contributed by atoms with Crippen molar-refractivity contribution in [1.82, 2.24) is 4.90 Å². The summed E-state index contributed by atoms with van der Waals surface area (Å²) in [6, 6.07) is 10.2. The van der Waals surface area contributed by atoms with Gasteiger partial charge < -0.3 is 9.80 Å². The second-order valence-electron chi connectivity index (χ2n) is 6.62. The van der Waals surface area contributed by atoms with E-state index in [1.807, 2.05) is 35.2 Å². The van der Waals surface area contributed by atoms with Gasteiger partial charge in [0.05, 0.1) is 5.92 Å². The normalized spacial score (nSPS) is 29.0. The average Bonchev–Trinajstić information content (AvgIpc) is 2.90. The third kappa shape index (κ3) is 2.74. The molecule has 0 spiro atoms. The zero-order valence-electron chi connectivity index (χ0n) is 13.4. The summed E-state index contributed by atoms with van der Waals surface area (Å²) in [6.07, 6.45) is 3.66. The number of nitrogens with zero attached hydrogens (tertiary/aromatic N) is 2. The molecule has 0 saturated carbocycles. The van der Waals surface area contributed by atoms with E-state index >= 15 is 0 Å². The molecule has 0 bridgehead atoms. The van der Waals surface area contributed by atoms with Crippen molar-refractivity contribution >= 4 is 17.5 Å². The lowest BCUT2D eigenvalue weighted by atomic mass is 9.94. The number of likely N-dealkylation sites (tertiary alicyclic amines) is 1. The molecule has 1 aromatic carbocycles. The number of para-hydroxylation sites is 1. The molecule has 1 aromatic rings. The van der Waals surface area contributed by atoms with Gasteiger partial charge in [0.2, 0.25) is 11.8 Å². The topological polar surface area (TPSA) is 40.6 Å². The summed E-state index contributed by atoms with van der Waals surface area (Å²) in [4.78, 5) is 29.0. The minimum atomic E-state index is -0.198. The smallest absolute Gasteiger partial charge is 0.228 e. The number of piperidine rings is 1. The highest BCUT2D eigenvalue weighted by Crippen LogP contribution is 2.30. The van der Waals surface area contributed by atoms with E-state index in [0.29, 0.717) is 13.0 Å². The molecule has 22 heavy (non-hydrogen) atoms. The Hall–Kier alpha value is -1.84. The van der Waals surface area contributed by atoms with Gasteiger partial charge in [0, 0.05) is 30.7 Å². The minimum Gasteiger partial charge on any atom is -0.337 e. The fraction of sp³-hybridized carbons (Fsp3) is 0.556. The van der Waals surface area contributed by atoms with Gasteiger partial charge in [-0.05, 0) is 45.2 Å². The van der Waals surface area contributed by atoms with Crippen LogP contribution in [0, 0.1) is 5.92 Å². The third-order valence-electron chi connectivity index (χ3n) is 4.99. The molecule has 2 heterocycles. The first-order chi connectivity index (χ1) is 10.6. The van der Waals surface area contributed by atoms with Crippen molar-refractivity contribution in [2.45, 2.75) is 51.6 Å². The molecule has 118 valence electrons. The third-order valence-corrected chi connectivity index (χ3v) is 4.99. The lowest BCUT2D eigenvalue weighted by Gasteiger charge is -2.40. The highest BCUT2D eigenvalue weighted by atomic mass is 16.2. The molecule has 4 nitrogen and oxygen atoms in total. The number of hydrogen-bond acceptors (Lipinski definition) is 2. The SMILES string of the molecule is CC1CCCC(C)N1C(=O)C1CC(=O)N(c2ccccc2)C1. The highest BCUT2D eigenvalue weighted by Gasteiger charge is 2.40. The summed E-state index contributed by atoms with van der Waals surface area (Å²) in [5, 5.41) is 0. The highest BCUT2D eigenvalue weighted by molar-refractivity contribution is 6.00. The first-order valence-corrected chi connectivity index (χ1v) is 8.25. The summed E-state index contributed by atoms with van der Waals surface area (Å²) in [7, 11) is 0. The van der Waals surface area contributed by atoms with Crippen LogP contribution in [0.25, 0.3) is 0 Å². The van der Waals surface area contributed by atoms with Gasteiger partial charge >= 0.3 is 0 Å². The second-order valence-corrected chi connectivity index (χ2v) is 6.62. The summed E-state index contributed by atoms with van der Waals surface area (Å²) in [6.45, 7) is 4.76. The van der Waals surface area contributed by atoms with Crippen LogP contribution >= 0.6 is 0 Å². The van der Waals surface area contributed by atoms with E-state index in [1.165, 1.54) is 6.42 Å². The largest absolute Gasteiger partial charge is 0.337 e. The Labute approximate surface area is 132 Å². The van der Waals surface area contributed by atoms with E-state index in [-0.39, 0.29) is 29.8 Å². The van der Waals surface area contributed by atoms with Crippen LogP contribution in [-0.4, -0.2) is 35.3 Å². The first kappa shape index (κ1) is 15.1. The Balaban J connectivity index is 1.74. The zero-order chi connectivity index (χ0) is 15.7. The molecule has 3 unspecified atom stereocenters. The van der Waals surface area contributed by atoms with Crippen molar-refractivity contribution in [2.24, 2.45) is 5.92 Å². The van der Waals surface area contributed by atoms with Gasteiger partial charge in [-0.15, -0.1) is 0 Å². The quantitative estimate of drug-likeness (QED) is 0.842. The van der Waals surface area contributed by atoms with Gasteiger partial charge in [-0.2, -0.15) is 0 Å². The molecule has 2 aliphatic rings. The molecule has 2 aliphatic heterocycles. The van der Waals surface area contributed by atoms with E-state index in [0.717, 1.165) is 18.5 Å². The Morgan fingerprint density at radius 3 is 2.36 bits per heavy atom. The molecule has 0 aromatic heterocycles. The predicted octanol–water partition coefficient (Wildman–Crippen LogP) is 2.83. The van der Waals surface area contributed by atoms with Gasteiger partial charge in [-0.3, -0.25) is 9.59 Å². The summed E-state index contributed by atoms with van der Waals surface area (Å²) in [5.74, 6) is 0.0176. The molecule has 2 fully saturated rings. The molecule has 3 rings (SSSR count). The fourth-order valence-electron chi connectivity index (χ4n) is 3.80. The Morgan fingerprint density at radius 1 is 1.09 bits per heavy atom. The van der Waals surface area contributed by atoms with Crippen molar-refractivity contribution in [3.63, 3.8) is 0 Å². The maximum absolute atomic E-state index is 12.9. The van der Waals surface area contributed by atoms with E-state index in [1.54, 1.807) is 4.90 Å². The van der Waals surface area contributed by atoms with Gasteiger partial charge in [0.1, 0.15) is 0 Å². The standard InChI is InChI=1S/C18H24N2O2/c1-13-7-6-8-14(2)20(13)18(22)15-11-17(21)19(12-15)16-9-4-3-5-10-16/h3-5,9-10,13-15H,6-8,11-12H2,1-2H3. The van der Waals surface area contributed by atoms with E-state index in [4.69, 9.17) is 0 Å². The van der Waals surface area contributed by atoms with Crippen LogP contribution in [0.15, 0.2) is 30.3 Å². The number of hydrogen-bond donors (Lipinski definition) is 0. The molecule has 0 aliphatic carbocycles. The van der Waals surface area contributed by atoms with Crippen molar-refractivity contribution < 1.29 is 9.59 Å². The molecule has 0 radical (unpaired) electrons. The van der Waals surface area contributed by atoms with Crippen LogP contribution in [0.1, 0.15) is 39.5 Å². The van der Waals surface area contributed by atoms with E-state index < -0.39 is 0 Å². The summed E-state index contributed by atoms with van der Waals surface area (Å²) < 4.78 is 0. The Morgan fingerprint density at radius 2 is 1.73 bits per heavy atom. The number of carbonyl (C=O) groups is 2. The molecular formula is C18H24N2O2. The van der Waals surface area contributed by atoms with Crippen LogP contribution in [0.2, 0.25) is 0 Å². The lowest BCUT2D eigenvalue weighted by molar-refractivity contribution is -0.141. The number of carbonyl (C=O) groups excluding carboxylic acids is 2. The van der Waals surface area contributed by atoms with Gasteiger partial charge in [-0.25, -0.2) is 0 Å². The molecule has 0 N–H and O–H groups in total. The Kier molecular flexibility index (Phi) is 4.19. The number of anilines is 1. The van der Waals surface area contributed by atoms with Crippen molar-refractivity contribution in [3.05, 3.63) is 30.3 Å². The van der Waals surface area contributed by atoms with Crippen molar-refractivity contribution in [1.29, 1.82) is 0 Å². The number of amides is 2. The van der Waals surface area contributed by atoms with Gasteiger partial charge in [0.15, 0.2) is 0 Å². The molecular weight excluding hydrogens is 276 g/mol. The van der Waals surface area contributed by atoms with Gasteiger partial charge in [-0.1, -0.05) is 18.2 Å². The fourth-order valence-corrected chi connectivity index (χ4v) is 3.80. The first-order valence-electron chi connectivity index (χ1n) is 8.25. The maximum Gasteiger partial charge on any atom is 0.228 e. The molecule has 3 atom stereocenters. The van der Waals surface area contributed by atoms with Crippen LogP contribution < -0.4 is 4.90 Å². The Bertz CT molecular complexity index is 547. The monoisotopic (exact) mass is 300 g/mol. The van der Waals surface area contributed by atoms with Gasteiger partial charge in [0.25, 0.3) is 0 Å². The molecule has 4 heteroatoms. The van der Waals surface area contributed by atoms with Crippen LogP contribution in [0.3, 0.4) is 0 Å².